The normalized spacial score (nSPS) is 11.6. The summed E-state index contributed by atoms with van der Waals surface area (Å²) >= 11 is 5.42. The number of esters is 1. The number of hydrogen-bond donors (Lipinski definition) is 0. The predicted octanol–water partition coefficient (Wildman–Crippen LogP) is 3.44. The number of rotatable bonds is 4. The molecule has 0 spiro atoms. The van der Waals surface area contributed by atoms with Gasteiger partial charge < -0.3 is 9.47 Å². The van der Waals surface area contributed by atoms with Gasteiger partial charge in [0.2, 0.25) is 5.88 Å². The lowest BCUT2D eigenvalue weighted by Crippen LogP contribution is -2.20. The van der Waals surface area contributed by atoms with E-state index in [0.29, 0.717) is 6.07 Å². The Morgan fingerprint density at radius 3 is 2.45 bits per heavy atom. The van der Waals surface area contributed by atoms with Gasteiger partial charge in [-0.2, -0.15) is 0 Å². The van der Waals surface area contributed by atoms with Crippen LogP contribution in [0.25, 0.3) is 0 Å². The second-order valence-corrected chi connectivity index (χ2v) is 3.62. The molecule has 1 aromatic heterocycles. The predicted molar refractivity (Wildman–Crippen MR) is 56.8 cm³/mol. The van der Waals surface area contributed by atoms with Crippen LogP contribution in [0.3, 0.4) is 0 Å². The molecule has 0 fully saturated rings. The van der Waals surface area contributed by atoms with Crippen LogP contribution >= 0.6 is 11.6 Å². The number of halogens is 6. The highest BCUT2D eigenvalue weighted by molar-refractivity contribution is 6.17. The third kappa shape index (κ3) is 3.92. The third-order valence-electron chi connectivity index (χ3n) is 2.10. The van der Waals surface area contributed by atoms with E-state index in [1.807, 2.05) is 0 Å². The largest absolute Gasteiger partial charge is 0.574 e. The quantitative estimate of drug-likeness (QED) is 0.484. The average Bonchev–Trinajstić information content (AvgIpc) is 2.34. The van der Waals surface area contributed by atoms with E-state index in [2.05, 4.69) is 14.5 Å². The standard InChI is InChI=1S/C10H7ClF5NO3/c1-19-9(18)7-5(3-11)4(8(12)13)2-6(17-7)20-10(14,15)16/h2,8H,3H2,1H3. The zero-order chi connectivity index (χ0) is 15.5. The first-order valence-corrected chi connectivity index (χ1v) is 5.45. The topological polar surface area (TPSA) is 48.4 Å². The zero-order valence-electron chi connectivity index (χ0n) is 9.80. The summed E-state index contributed by atoms with van der Waals surface area (Å²) in [6.45, 7) is 0. The molecule has 0 radical (unpaired) electrons. The lowest BCUT2D eigenvalue weighted by molar-refractivity contribution is -0.276. The van der Waals surface area contributed by atoms with Crippen LogP contribution in [0, 0.1) is 0 Å². The lowest BCUT2D eigenvalue weighted by Gasteiger charge is -2.14. The van der Waals surface area contributed by atoms with Crippen LogP contribution in [0.5, 0.6) is 5.88 Å². The number of hydrogen-bond acceptors (Lipinski definition) is 4. The minimum atomic E-state index is -5.14. The third-order valence-corrected chi connectivity index (χ3v) is 2.37. The molecule has 0 atom stereocenters. The van der Waals surface area contributed by atoms with Gasteiger partial charge in [0, 0.05) is 17.2 Å². The van der Waals surface area contributed by atoms with Crippen molar-refractivity contribution in [3.05, 3.63) is 22.9 Å². The molecule has 1 aromatic rings. The molecule has 0 aliphatic carbocycles. The molecule has 20 heavy (non-hydrogen) atoms. The van der Waals surface area contributed by atoms with Crippen LogP contribution in [0.2, 0.25) is 0 Å². The maximum absolute atomic E-state index is 12.8. The van der Waals surface area contributed by atoms with Gasteiger partial charge in [-0.3, -0.25) is 0 Å². The van der Waals surface area contributed by atoms with Gasteiger partial charge in [0.25, 0.3) is 6.43 Å². The Balaban J connectivity index is 3.43. The maximum Gasteiger partial charge on any atom is 0.574 e. The van der Waals surface area contributed by atoms with Crippen molar-refractivity contribution in [3.8, 4) is 5.88 Å². The van der Waals surface area contributed by atoms with Crippen molar-refractivity contribution < 1.29 is 36.2 Å². The van der Waals surface area contributed by atoms with Crippen LogP contribution in [0.4, 0.5) is 22.0 Å². The molecule has 10 heteroatoms. The van der Waals surface area contributed by atoms with Crippen molar-refractivity contribution >= 4 is 17.6 Å². The number of aromatic nitrogens is 1. The first-order valence-electron chi connectivity index (χ1n) is 4.91. The van der Waals surface area contributed by atoms with Crippen molar-refractivity contribution in [1.29, 1.82) is 0 Å². The molecule has 0 aliphatic rings. The minimum Gasteiger partial charge on any atom is -0.464 e. The maximum atomic E-state index is 12.8. The average molecular weight is 320 g/mol. The van der Waals surface area contributed by atoms with Gasteiger partial charge >= 0.3 is 12.3 Å². The molecule has 4 nitrogen and oxygen atoms in total. The van der Waals surface area contributed by atoms with Gasteiger partial charge in [0.05, 0.1) is 13.0 Å². The summed E-state index contributed by atoms with van der Waals surface area (Å²) in [6.07, 6.45) is -8.30. The number of nitrogens with zero attached hydrogens (tertiary/aromatic N) is 1. The van der Waals surface area contributed by atoms with E-state index in [1.165, 1.54) is 0 Å². The van der Waals surface area contributed by atoms with E-state index in [-0.39, 0.29) is 0 Å². The van der Waals surface area contributed by atoms with Gasteiger partial charge in [-0.1, -0.05) is 0 Å². The molecule has 0 amide bonds. The smallest absolute Gasteiger partial charge is 0.464 e. The molecule has 0 N–H and O–H groups in total. The Labute approximate surface area is 114 Å². The van der Waals surface area contributed by atoms with Gasteiger partial charge in [-0.15, -0.1) is 24.8 Å². The van der Waals surface area contributed by atoms with Crippen molar-refractivity contribution in [1.82, 2.24) is 4.98 Å². The first kappa shape index (κ1) is 16.4. The van der Waals surface area contributed by atoms with Gasteiger partial charge in [-0.05, 0) is 0 Å². The number of carbonyl (C=O) groups is 1. The fourth-order valence-electron chi connectivity index (χ4n) is 1.34. The van der Waals surface area contributed by atoms with Gasteiger partial charge in [0.15, 0.2) is 5.69 Å². The van der Waals surface area contributed by atoms with Crippen LogP contribution in [-0.4, -0.2) is 24.4 Å². The van der Waals surface area contributed by atoms with Crippen molar-refractivity contribution in [2.24, 2.45) is 0 Å². The molecule has 0 saturated carbocycles. The number of pyridine rings is 1. The second-order valence-electron chi connectivity index (χ2n) is 3.35. The van der Waals surface area contributed by atoms with E-state index in [1.54, 1.807) is 0 Å². The Bertz CT molecular complexity index is 506. The summed E-state index contributed by atoms with van der Waals surface area (Å²) in [5.74, 6) is -2.94. The summed E-state index contributed by atoms with van der Waals surface area (Å²) in [4.78, 5) is 14.6. The van der Waals surface area contributed by atoms with Crippen molar-refractivity contribution in [2.75, 3.05) is 7.11 Å². The van der Waals surface area contributed by atoms with Crippen LogP contribution < -0.4 is 4.74 Å². The monoisotopic (exact) mass is 319 g/mol. The molecule has 1 rings (SSSR count). The molecule has 0 bridgehead atoms. The molecule has 0 unspecified atom stereocenters. The van der Waals surface area contributed by atoms with E-state index in [4.69, 9.17) is 11.6 Å². The minimum absolute atomic E-state index is 0.377. The summed E-state index contributed by atoms with van der Waals surface area (Å²) < 4.78 is 69.5. The van der Waals surface area contributed by atoms with Crippen LogP contribution in [0.15, 0.2) is 6.07 Å². The highest BCUT2D eigenvalue weighted by Crippen LogP contribution is 2.31. The Hall–Kier alpha value is -1.64. The van der Waals surface area contributed by atoms with Gasteiger partial charge in [0.1, 0.15) is 0 Å². The number of methoxy groups -OCH3 is 1. The van der Waals surface area contributed by atoms with Crippen molar-refractivity contribution in [2.45, 2.75) is 18.7 Å². The van der Waals surface area contributed by atoms with E-state index in [0.717, 1.165) is 7.11 Å². The molecular formula is C10H7ClF5NO3. The van der Waals surface area contributed by atoms with Crippen molar-refractivity contribution in [3.63, 3.8) is 0 Å². The Kier molecular flexibility index (Phi) is 5.09. The molecule has 1 heterocycles. The van der Waals surface area contributed by atoms with E-state index < -0.39 is 47.3 Å². The summed E-state index contributed by atoms with van der Waals surface area (Å²) in [5.41, 5.74) is -2.04. The molecule has 0 aromatic carbocycles. The molecule has 0 aliphatic heterocycles. The zero-order valence-corrected chi connectivity index (χ0v) is 10.6. The number of alkyl halides is 6. The Morgan fingerprint density at radius 1 is 1.45 bits per heavy atom. The fraction of sp³-hybridized carbons (Fsp3) is 0.400. The SMILES string of the molecule is COC(=O)c1nc(OC(F)(F)F)cc(C(F)F)c1CCl. The first-order chi connectivity index (χ1) is 9.19. The highest BCUT2D eigenvalue weighted by Gasteiger charge is 2.33. The van der Waals surface area contributed by atoms with Crippen LogP contribution in [-0.2, 0) is 10.6 Å². The molecule has 112 valence electrons. The number of carbonyl (C=O) groups excluding carboxylic acids is 1. The van der Waals surface area contributed by atoms with E-state index in [9.17, 15) is 26.7 Å². The highest BCUT2D eigenvalue weighted by atomic mass is 35.5. The number of ether oxygens (including phenoxy) is 2. The summed E-state index contributed by atoms with van der Waals surface area (Å²) in [5, 5.41) is 0. The fourth-order valence-corrected chi connectivity index (χ4v) is 1.62. The summed E-state index contributed by atoms with van der Waals surface area (Å²) in [6, 6.07) is 0.377. The lowest BCUT2D eigenvalue weighted by atomic mass is 10.1. The van der Waals surface area contributed by atoms with Crippen LogP contribution in [0.1, 0.15) is 28.0 Å². The molecular weight excluding hydrogens is 313 g/mol. The molecule has 0 saturated heterocycles. The second kappa shape index (κ2) is 6.21. The summed E-state index contributed by atoms with van der Waals surface area (Å²) in [7, 11) is 0.918. The van der Waals surface area contributed by atoms with Gasteiger partial charge in [-0.25, -0.2) is 18.6 Å². The Morgan fingerprint density at radius 2 is 2.05 bits per heavy atom. The van der Waals surface area contributed by atoms with E-state index >= 15 is 0 Å².